The minimum absolute atomic E-state index is 0.0739. The first-order valence-corrected chi connectivity index (χ1v) is 6.82. The van der Waals surface area contributed by atoms with Crippen molar-refractivity contribution in [1.82, 2.24) is 0 Å². The Bertz CT molecular complexity index is 652. The number of ketones is 1. The van der Waals surface area contributed by atoms with Gasteiger partial charge in [-0.3, -0.25) is 4.79 Å². The van der Waals surface area contributed by atoms with E-state index in [4.69, 9.17) is 4.74 Å². The van der Waals surface area contributed by atoms with Crippen molar-refractivity contribution < 1.29 is 9.53 Å². The molecule has 0 fully saturated rings. The number of aryl methyl sites for hydroxylation is 1. The molecule has 2 aromatic rings. The Kier molecular flexibility index (Phi) is 5.10. The van der Waals surface area contributed by atoms with E-state index in [1.165, 1.54) is 5.56 Å². The van der Waals surface area contributed by atoms with Crippen LogP contribution >= 0.6 is 0 Å². The zero-order chi connectivity index (χ0) is 15.1. The van der Waals surface area contributed by atoms with Gasteiger partial charge in [0.2, 0.25) is 0 Å². The number of hydrogen-bond acceptors (Lipinski definition) is 2. The first-order valence-electron chi connectivity index (χ1n) is 6.82. The first-order chi connectivity index (χ1) is 10.2. The van der Waals surface area contributed by atoms with Crippen LogP contribution in [0, 0.1) is 6.92 Å². The molecule has 0 aliphatic rings. The molecule has 2 heteroatoms. The van der Waals surface area contributed by atoms with Gasteiger partial charge in [-0.1, -0.05) is 60.7 Å². The van der Waals surface area contributed by atoms with Crippen molar-refractivity contribution in [2.24, 2.45) is 0 Å². The molecule has 106 valence electrons. The molecule has 0 aromatic heterocycles. The lowest BCUT2D eigenvalue weighted by Gasteiger charge is -2.07. The molecule has 0 radical (unpaired) electrons. The Labute approximate surface area is 125 Å². The summed E-state index contributed by atoms with van der Waals surface area (Å²) < 4.78 is 5.50. The summed E-state index contributed by atoms with van der Waals surface area (Å²) in [6.07, 6.45) is 5.04. The maximum absolute atomic E-state index is 12.3. The van der Waals surface area contributed by atoms with Gasteiger partial charge in [-0.2, -0.15) is 0 Å². The third-order valence-corrected chi connectivity index (χ3v) is 3.01. The Balaban J connectivity index is 2.16. The lowest BCUT2D eigenvalue weighted by atomic mass is 10.1. The second-order valence-corrected chi connectivity index (χ2v) is 4.70. The van der Waals surface area contributed by atoms with Crippen molar-refractivity contribution in [1.29, 1.82) is 0 Å². The van der Waals surface area contributed by atoms with Gasteiger partial charge in [0.1, 0.15) is 12.4 Å². The van der Waals surface area contributed by atoms with Gasteiger partial charge in [0.25, 0.3) is 0 Å². The van der Waals surface area contributed by atoms with E-state index in [9.17, 15) is 4.79 Å². The largest absolute Gasteiger partial charge is 0.489 e. The van der Waals surface area contributed by atoms with E-state index in [-0.39, 0.29) is 5.78 Å². The number of ether oxygens (including phenoxy) is 1. The zero-order valence-electron chi connectivity index (χ0n) is 12.1. The molecule has 0 aliphatic heterocycles. The standard InChI is InChI=1S/C19H18O2/c1-3-14-21-19-7-5-4-6-17(19)18(20)13-12-16-10-8-15(2)9-11-16/h3-13H,1,14H2,2H3. The number of allylic oxidation sites excluding steroid dienone is 1. The third kappa shape index (κ3) is 4.18. The lowest BCUT2D eigenvalue weighted by Crippen LogP contribution is -2.01. The van der Waals surface area contributed by atoms with E-state index in [2.05, 4.69) is 6.58 Å². The number of carbonyl (C=O) groups excluding carboxylic acids is 1. The van der Waals surface area contributed by atoms with Crippen LogP contribution in [0.15, 0.2) is 67.3 Å². The van der Waals surface area contributed by atoms with E-state index < -0.39 is 0 Å². The fourth-order valence-corrected chi connectivity index (χ4v) is 1.88. The maximum atomic E-state index is 12.3. The van der Waals surface area contributed by atoms with E-state index in [1.54, 1.807) is 24.3 Å². The Morgan fingerprint density at radius 2 is 1.86 bits per heavy atom. The van der Waals surface area contributed by atoms with Gasteiger partial charge in [0.15, 0.2) is 5.78 Å². The highest BCUT2D eigenvalue weighted by molar-refractivity contribution is 6.08. The van der Waals surface area contributed by atoms with Gasteiger partial charge in [-0.15, -0.1) is 0 Å². The van der Waals surface area contributed by atoms with E-state index in [0.29, 0.717) is 17.9 Å². The van der Waals surface area contributed by atoms with Gasteiger partial charge in [-0.25, -0.2) is 0 Å². The fourth-order valence-electron chi connectivity index (χ4n) is 1.88. The molecule has 2 rings (SSSR count). The predicted molar refractivity (Wildman–Crippen MR) is 86.7 cm³/mol. The van der Waals surface area contributed by atoms with E-state index in [1.807, 2.05) is 49.4 Å². The van der Waals surface area contributed by atoms with Crippen molar-refractivity contribution in [2.45, 2.75) is 6.92 Å². The van der Waals surface area contributed by atoms with Crippen LogP contribution in [0.3, 0.4) is 0 Å². The molecule has 0 atom stereocenters. The highest BCUT2D eigenvalue weighted by Gasteiger charge is 2.08. The van der Waals surface area contributed by atoms with Gasteiger partial charge >= 0.3 is 0 Å². The van der Waals surface area contributed by atoms with Crippen LogP contribution in [0.4, 0.5) is 0 Å². The number of hydrogen-bond donors (Lipinski definition) is 0. The van der Waals surface area contributed by atoms with E-state index >= 15 is 0 Å². The quantitative estimate of drug-likeness (QED) is 0.443. The van der Waals surface area contributed by atoms with Gasteiger partial charge in [-0.05, 0) is 30.7 Å². The summed E-state index contributed by atoms with van der Waals surface area (Å²) in [6, 6.07) is 15.2. The Morgan fingerprint density at radius 3 is 2.57 bits per heavy atom. The molecular formula is C19H18O2. The fraction of sp³-hybridized carbons (Fsp3) is 0.105. The molecule has 0 saturated heterocycles. The second kappa shape index (κ2) is 7.25. The minimum Gasteiger partial charge on any atom is -0.489 e. The zero-order valence-corrected chi connectivity index (χ0v) is 12.1. The third-order valence-electron chi connectivity index (χ3n) is 3.01. The second-order valence-electron chi connectivity index (χ2n) is 4.70. The maximum Gasteiger partial charge on any atom is 0.189 e. The molecule has 2 nitrogen and oxygen atoms in total. The molecule has 0 bridgehead atoms. The minimum atomic E-state index is -0.0739. The van der Waals surface area contributed by atoms with Crippen LogP contribution in [-0.2, 0) is 0 Å². The number of benzene rings is 2. The van der Waals surface area contributed by atoms with Gasteiger partial charge in [0.05, 0.1) is 5.56 Å². The van der Waals surface area contributed by atoms with Gasteiger partial charge in [0, 0.05) is 0 Å². The SMILES string of the molecule is C=CCOc1ccccc1C(=O)C=Cc1ccc(C)cc1. The van der Waals surface area contributed by atoms with Crippen LogP contribution in [0.2, 0.25) is 0 Å². The summed E-state index contributed by atoms with van der Waals surface area (Å²) in [5.74, 6) is 0.506. The van der Waals surface area contributed by atoms with E-state index in [0.717, 1.165) is 5.56 Å². The number of carbonyl (C=O) groups is 1. The van der Waals surface area contributed by atoms with Crippen molar-refractivity contribution >= 4 is 11.9 Å². The van der Waals surface area contributed by atoms with Crippen LogP contribution in [-0.4, -0.2) is 12.4 Å². The smallest absolute Gasteiger partial charge is 0.189 e. The molecule has 0 heterocycles. The normalized spacial score (nSPS) is 10.5. The van der Waals surface area contributed by atoms with Crippen LogP contribution in [0.25, 0.3) is 6.08 Å². The topological polar surface area (TPSA) is 26.3 Å². The summed E-state index contributed by atoms with van der Waals surface area (Å²) >= 11 is 0. The number of para-hydroxylation sites is 1. The molecule has 0 N–H and O–H groups in total. The summed E-state index contributed by atoms with van der Waals surface area (Å²) in [7, 11) is 0. The van der Waals surface area contributed by atoms with Gasteiger partial charge < -0.3 is 4.74 Å². The van der Waals surface area contributed by atoms with Crippen LogP contribution in [0.1, 0.15) is 21.5 Å². The van der Waals surface area contributed by atoms with Crippen molar-refractivity contribution in [3.05, 3.63) is 84.0 Å². The monoisotopic (exact) mass is 278 g/mol. The Morgan fingerprint density at radius 1 is 1.14 bits per heavy atom. The van der Waals surface area contributed by atoms with Crippen LogP contribution < -0.4 is 4.74 Å². The average Bonchev–Trinajstić information content (AvgIpc) is 2.52. The highest BCUT2D eigenvalue weighted by atomic mass is 16.5. The van der Waals surface area contributed by atoms with Crippen molar-refractivity contribution in [3.8, 4) is 5.75 Å². The van der Waals surface area contributed by atoms with Crippen LogP contribution in [0.5, 0.6) is 5.75 Å². The Hall–Kier alpha value is -2.61. The lowest BCUT2D eigenvalue weighted by molar-refractivity contribution is 0.104. The van der Waals surface area contributed by atoms with Crippen molar-refractivity contribution in [3.63, 3.8) is 0 Å². The predicted octanol–water partition coefficient (Wildman–Crippen LogP) is 4.46. The first kappa shape index (κ1) is 14.8. The number of rotatable bonds is 6. The molecule has 0 unspecified atom stereocenters. The summed E-state index contributed by atoms with van der Waals surface area (Å²) in [4.78, 5) is 12.3. The molecule has 0 amide bonds. The molecule has 2 aromatic carbocycles. The molecule has 0 spiro atoms. The average molecular weight is 278 g/mol. The molecule has 21 heavy (non-hydrogen) atoms. The summed E-state index contributed by atoms with van der Waals surface area (Å²) in [6.45, 7) is 6.02. The molecule has 0 saturated carbocycles. The summed E-state index contributed by atoms with van der Waals surface area (Å²) in [5.41, 5.74) is 2.75. The summed E-state index contributed by atoms with van der Waals surface area (Å²) in [5, 5.41) is 0. The molecule has 0 aliphatic carbocycles. The highest BCUT2D eigenvalue weighted by Crippen LogP contribution is 2.19. The molecular weight excluding hydrogens is 260 g/mol. The van der Waals surface area contributed by atoms with Crippen molar-refractivity contribution in [2.75, 3.05) is 6.61 Å².